The number of allylic oxidation sites excluding steroid dienone is 1. The lowest BCUT2D eigenvalue weighted by Gasteiger charge is -2.30. The highest BCUT2D eigenvalue weighted by molar-refractivity contribution is 6.37. The summed E-state index contributed by atoms with van der Waals surface area (Å²) in [5.41, 5.74) is 8.21. The van der Waals surface area contributed by atoms with Crippen LogP contribution in [0.3, 0.4) is 0 Å². The van der Waals surface area contributed by atoms with Crippen LogP contribution in [0.1, 0.15) is 68.2 Å². The van der Waals surface area contributed by atoms with Crippen molar-refractivity contribution in [1.29, 1.82) is 0 Å². The number of nitrogens with zero attached hydrogens (tertiary/aromatic N) is 1. The Bertz CT molecular complexity index is 1950. The summed E-state index contributed by atoms with van der Waals surface area (Å²) in [6, 6.07) is 24.4. The minimum absolute atomic E-state index is 0.0847. The van der Waals surface area contributed by atoms with E-state index < -0.39 is 24.0 Å². The molecular formula is C38H33ClN2O6. The first-order valence-electron chi connectivity index (χ1n) is 15.7. The number of carbonyl (C=O) groups is 3. The number of halogens is 1. The third-order valence-corrected chi connectivity index (χ3v) is 9.20. The number of imide groups is 1. The highest BCUT2D eigenvalue weighted by Crippen LogP contribution is 2.43. The van der Waals surface area contributed by atoms with Gasteiger partial charge in [0.25, 0.3) is 17.7 Å². The molecular weight excluding hydrogens is 616 g/mol. The molecule has 0 aromatic heterocycles. The van der Waals surface area contributed by atoms with Crippen molar-refractivity contribution in [1.82, 2.24) is 0 Å². The third kappa shape index (κ3) is 5.84. The van der Waals surface area contributed by atoms with E-state index in [1.807, 2.05) is 6.08 Å². The van der Waals surface area contributed by atoms with Crippen LogP contribution in [0.2, 0.25) is 5.02 Å². The van der Waals surface area contributed by atoms with E-state index in [1.54, 1.807) is 37.3 Å². The van der Waals surface area contributed by atoms with E-state index in [-0.39, 0.29) is 23.8 Å². The molecule has 3 amide bonds. The molecule has 0 bridgehead atoms. The molecule has 2 atom stereocenters. The summed E-state index contributed by atoms with van der Waals surface area (Å²) in [5, 5.41) is 12.5. The average molecular weight is 649 g/mol. The lowest BCUT2D eigenvalue weighted by molar-refractivity contribution is -0.143. The summed E-state index contributed by atoms with van der Waals surface area (Å²) in [7, 11) is 0. The first-order valence-corrected chi connectivity index (χ1v) is 16.1. The molecule has 7 rings (SSSR count). The first kappa shape index (κ1) is 30.9. The van der Waals surface area contributed by atoms with Gasteiger partial charge in [0, 0.05) is 29.7 Å². The van der Waals surface area contributed by atoms with Crippen LogP contribution in [0.25, 0.3) is 11.1 Å². The molecule has 4 aromatic carbocycles. The van der Waals surface area contributed by atoms with Crippen LogP contribution in [-0.2, 0) is 20.7 Å². The topological polar surface area (TPSA) is 105 Å². The minimum Gasteiger partial charge on any atom is -0.459 e. The van der Waals surface area contributed by atoms with Crippen LogP contribution in [0.15, 0.2) is 90.7 Å². The van der Waals surface area contributed by atoms with Gasteiger partial charge in [-0.1, -0.05) is 54.1 Å². The Balaban J connectivity index is 1.13. The van der Waals surface area contributed by atoms with E-state index in [0.717, 1.165) is 16.9 Å². The minimum atomic E-state index is -0.643. The molecule has 0 saturated heterocycles. The Hall–Kier alpha value is -4.76. The highest BCUT2D eigenvalue weighted by Gasteiger charge is 2.38. The molecule has 0 unspecified atom stereocenters. The zero-order chi connectivity index (χ0) is 32.7. The van der Waals surface area contributed by atoms with Gasteiger partial charge in [0.05, 0.1) is 23.4 Å². The Morgan fingerprint density at radius 2 is 1.77 bits per heavy atom. The average Bonchev–Trinajstić information content (AvgIpc) is 3.57. The SMILES string of the molecule is Cc1cc(NC(=O)C2=C[C@@H](c3cccc4c3Cc3ccccc3-4)C[C@@H](OCCCCO)O2)ccc1N1C(=O)c2ccc(Cl)cc2C1=O. The van der Waals surface area contributed by atoms with Gasteiger partial charge >= 0.3 is 0 Å². The van der Waals surface area contributed by atoms with E-state index >= 15 is 0 Å². The predicted molar refractivity (Wildman–Crippen MR) is 180 cm³/mol. The number of ether oxygens (including phenoxy) is 2. The standard InChI is InChI=1S/C38H33ClN2O6/c1-22-17-26(12-14-33(22)41-37(44)30-13-11-25(39)21-32(30)38(41)45)40-36(43)34-19-24(20-35(47-34)46-16-5-4-15-42)28-9-6-10-29-27-8-3-2-7-23(27)18-31(28)29/h2-3,6-14,17,19,21,24,35,42H,4-5,15-16,18,20H2,1H3,(H,40,43)/t24-,35+/m1/s1. The number of amides is 3. The molecule has 0 spiro atoms. The molecule has 47 heavy (non-hydrogen) atoms. The smallest absolute Gasteiger partial charge is 0.290 e. The molecule has 1 aliphatic carbocycles. The Morgan fingerprint density at radius 1 is 0.957 bits per heavy atom. The van der Waals surface area contributed by atoms with E-state index in [0.29, 0.717) is 53.4 Å². The van der Waals surface area contributed by atoms with Crippen LogP contribution in [-0.4, -0.2) is 42.3 Å². The molecule has 2 heterocycles. The summed E-state index contributed by atoms with van der Waals surface area (Å²) in [5.74, 6) is -1.27. The van der Waals surface area contributed by atoms with Crippen molar-refractivity contribution >= 4 is 40.7 Å². The number of carbonyl (C=O) groups excluding carboxylic acids is 3. The number of hydrogen-bond donors (Lipinski definition) is 2. The summed E-state index contributed by atoms with van der Waals surface area (Å²) in [6.07, 6.45) is 3.88. The van der Waals surface area contributed by atoms with Crippen LogP contribution in [0, 0.1) is 6.92 Å². The third-order valence-electron chi connectivity index (χ3n) is 8.97. The number of fused-ring (bicyclic) bond motifs is 4. The number of rotatable bonds is 9. The monoisotopic (exact) mass is 648 g/mol. The van der Waals surface area contributed by atoms with Crippen molar-refractivity contribution < 1.29 is 29.0 Å². The second-order valence-corrected chi connectivity index (χ2v) is 12.5. The van der Waals surface area contributed by atoms with Crippen LogP contribution < -0.4 is 10.2 Å². The van der Waals surface area contributed by atoms with Gasteiger partial charge in [-0.05, 0) is 102 Å². The Labute approximate surface area is 277 Å². The molecule has 2 N–H and O–H groups in total. The molecule has 0 fully saturated rings. The number of unbranched alkanes of at least 4 members (excludes halogenated alkanes) is 1. The second-order valence-electron chi connectivity index (χ2n) is 12.0. The predicted octanol–water partition coefficient (Wildman–Crippen LogP) is 7.16. The Morgan fingerprint density at radius 3 is 2.60 bits per heavy atom. The molecule has 0 radical (unpaired) electrons. The van der Waals surface area contributed by atoms with Crippen LogP contribution in [0.4, 0.5) is 11.4 Å². The van der Waals surface area contributed by atoms with Crippen molar-refractivity contribution in [3.8, 4) is 11.1 Å². The largest absolute Gasteiger partial charge is 0.459 e. The number of benzene rings is 4. The van der Waals surface area contributed by atoms with Gasteiger partial charge in [-0.2, -0.15) is 0 Å². The number of aliphatic hydroxyl groups is 1. The maximum Gasteiger partial charge on any atom is 0.290 e. The van der Waals surface area contributed by atoms with Gasteiger partial charge < -0.3 is 19.9 Å². The van der Waals surface area contributed by atoms with E-state index in [4.69, 9.17) is 21.1 Å². The summed E-state index contributed by atoms with van der Waals surface area (Å²) in [4.78, 5) is 41.1. The molecule has 4 aromatic rings. The van der Waals surface area contributed by atoms with Crippen molar-refractivity contribution in [2.24, 2.45) is 0 Å². The fourth-order valence-corrected chi connectivity index (χ4v) is 6.87. The quantitative estimate of drug-likeness (QED) is 0.130. The molecule has 2 aliphatic heterocycles. The van der Waals surface area contributed by atoms with Crippen molar-refractivity contribution in [3.05, 3.63) is 129 Å². The molecule has 8 nitrogen and oxygen atoms in total. The number of aliphatic hydroxyl groups excluding tert-OH is 1. The van der Waals surface area contributed by atoms with Gasteiger partial charge in [0.15, 0.2) is 5.76 Å². The number of aryl methyl sites for hydroxylation is 1. The maximum atomic E-state index is 13.7. The molecule has 9 heteroatoms. The zero-order valence-electron chi connectivity index (χ0n) is 25.8. The van der Waals surface area contributed by atoms with Gasteiger partial charge in [-0.3, -0.25) is 14.4 Å². The second kappa shape index (κ2) is 12.8. The summed E-state index contributed by atoms with van der Waals surface area (Å²) < 4.78 is 12.2. The van der Waals surface area contributed by atoms with E-state index in [1.165, 1.54) is 28.3 Å². The fourth-order valence-electron chi connectivity index (χ4n) is 6.70. The van der Waals surface area contributed by atoms with Crippen molar-refractivity contribution in [3.63, 3.8) is 0 Å². The van der Waals surface area contributed by atoms with Gasteiger partial charge in [-0.15, -0.1) is 0 Å². The Kier molecular flexibility index (Phi) is 8.40. The van der Waals surface area contributed by atoms with E-state index in [2.05, 4.69) is 47.8 Å². The zero-order valence-corrected chi connectivity index (χ0v) is 26.5. The van der Waals surface area contributed by atoms with Crippen LogP contribution in [0.5, 0.6) is 0 Å². The lowest BCUT2D eigenvalue weighted by atomic mass is 9.87. The number of anilines is 2. The molecule has 238 valence electrons. The van der Waals surface area contributed by atoms with Crippen molar-refractivity contribution in [2.75, 3.05) is 23.4 Å². The number of nitrogens with one attached hydrogen (secondary N) is 1. The molecule has 0 saturated carbocycles. The van der Waals surface area contributed by atoms with Crippen LogP contribution >= 0.6 is 11.6 Å². The van der Waals surface area contributed by atoms with Gasteiger partial charge in [0.1, 0.15) is 0 Å². The molecule has 3 aliphatic rings. The summed E-state index contributed by atoms with van der Waals surface area (Å²) >= 11 is 6.08. The van der Waals surface area contributed by atoms with Gasteiger partial charge in [-0.25, -0.2) is 4.90 Å². The number of hydrogen-bond acceptors (Lipinski definition) is 6. The van der Waals surface area contributed by atoms with E-state index in [9.17, 15) is 19.5 Å². The lowest BCUT2D eigenvalue weighted by Crippen LogP contribution is -2.30. The van der Waals surface area contributed by atoms with Gasteiger partial charge in [0.2, 0.25) is 6.29 Å². The maximum absolute atomic E-state index is 13.7. The van der Waals surface area contributed by atoms with Crippen molar-refractivity contribution in [2.45, 2.75) is 44.8 Å². The fraction of sp³-hybridized carbons (Fsp3) is 0.237. The first-order chi connectivity index (χ1) is 22.8. The highest BCUT2D eigenvalue weighted by atomic mass is 35.5. The normalized spacial score (nSPS) is 17.9. The summed E-state index contributed by atoms with van der Waals surface area (Å²) in [6.45, 7) is 2.26.